The highest BCUT2D eigenvalue weighted by atomic mass is 32.1. The van der Waals surface area contributed by atoms with Gasteiger partial charge in [-0.15, -0.1) is 11.3 Å². The molecular weight excluding hydrogens is 382 g/mol. The Morgan fingerprint density at radius 1 is 1.31 bits per heavy atom. The van der Waals surface area contributed by atoms with Crippen molar-refractivity contribution in [1.29, 1.82) is 0 Å². The quantitative estimate of drug-likeness (QED) is 0.699. The Hall–Kier alpha value is -2.44. The van der Waals surface area contributed by atoms with E-state index in [2.05, 4.69) is 39.6 Å². The second-order valence-corrected chi connectivity index (χ2v) is 9.04. The van der Waals surface area contributed by atoms with Crippen LogP contribution < -0.4 is 5.32 Å². The van der Waals surface area contributed by atoms with Gasteiger partial charge in [0.05, 0.1) is 17.3 Å². The van der Waals surface area contributed by atoms with Crippen LogP contribution >= 0.6 is 11.3 Å². The zero-order chi connectivity index (χ0) is 20.0. The lowest BCUT2D eigenvalue weighted by Gasteiger charge is -2.27. The molecule has 1 aromatic carbocycles. The lowest BCUT2D eigenvalue weighted by Crippen LogP contribution is -2.32. The summed E-state index contributed by atoms with van der Waals surface area (Å²) in [5.41, 5.74) is 6.88. The van der Waals surface area contributed by atoms with Gasteiger partial charge in [-0.2, -0.15) is 0 Å². The van der Waals surface area contributed by atoms with Gasteiger partial charge in [-0.1, -0.05) is 29.4 Å². The summed E-state index contributed by atoms with van der Waals surface area (Å²) in [6, 6.07) is 8.58. The SMILES string of the molecule is Cc1noc(C)c1CN1CCc2c(C(=O)NC3CCc4ccccc43)csc2C1. The monoisotopic (exact) mass is 407 g/mol. The lowest BCUT2D eigenvalue weighted by molar-refractivity contribution is 0.0935. The number of aryl methyl sites for hydroxylation is 3. The molecule has 0 saturated carbocycles. The Bertz CT molecular complexity index is 1050. The Labute approximate surface area is 174 Å². The van der Waals surface area contributed by atoms with Crippen molar-refractivity contribution >= 4 is 17.2 Å². The summed E-state index contributed by atoms with van der Waals surface area (Å²) >= 11 is 1.71. The largest absolute Gasteiger partial charge is 0.361 e. The number of thiophene rings is 1. The molecule has 0 bridgehead atoms. The van der Waals surface area contributed by atoms with Crippen LogP contribution in [-0.2, 0) is 25.9 Å². The molecule has 5 rings (SSSR count). The minimum atomic E-state index is 0.0726. The second kappa shape index (κ2) is 7.43. The van der Waals surface area contributed by atoms with Gasteiger partial charge in [-0.3, -0.25) is 9.69 Å². The van der Waals surface area contributed by atoms with E-state index >= 15 is 0 Å². The molecule has 0 spiro atoms. The molecule has 1 N–H and O–H groups in total. The van der Waals surface area contributed by atoms with E-state index in [0.717, 1.165) is 55.9 Å². The van der Waals surface area contributed by atoms with Gasteiger partial charge in [0.15, 0.2) is 0 Å². The zero-order valence-corrected chi connectivity index (χ0v) is 17.6. The van der Waals surface area contributed by atoms with Crippen LogP contribution in [0, 0.1) is 13.8 Å². The standard InChI is InChI=1S/C23H25N3O2S/c1-14-19(15(2)28-25-14)11-26-10-9-18-20(13-29-22(18)12-26)23(27)24-21-8-7-16-5-3-4-6-17(16)21/h3-6,13,21H,7-12H2,1-2H3,(H,24,27). The summed E-state index contributed by atoms with van der Waals surface area (Å²) in [6.07, 6.45) is 2.94. The van der Waals surface area contributed by atoms with E-state index in [1.54, 1.807) is 11.3 Å². The van der Waals surface area contributed by atoms with Gasteiger partial charge >= 0.3 is 0 Å². The van der Waals surface area contributed by atoms with Gasteiger partial charge < -0.3 is 9.84 Å². The van der Waals surface area contributed by atoms with E-state index in [1.807, 2.05) is 19.2 Å². The van der Waals surface area contributed by atoms with E-state index in [0.29, 0.717) is 0 Å². The number of rotatable bonds is 4. The maximum atomic E-state index is 13.0. The third kappa shape index (κ3) is 3.40. The molecule has 1 aliphatic heterocycles. The lowest BCUT2D eigenvalue weighted by atomic mass is 10.0. The number of hydrogen-bond acceptors (Lipinski definition) is 5. The van der Waals surface area contributed by atoms with E-state index in [4.69, 9.17) is 4.52 Å². The Morgan fingerprint density at radius 3 is 3.00 bits per heavy atom. The molecule has 6 heteroatoms. The van der Waals surface area contributed by atoms with Crippen molar-refractivity contribution in [1.82, 2.24) is 15.4 Å². The molecule has 3 aromatic rings. The highest BCUT2D eigenvalue weighted by Gasteiger charge is 2.28. The molecule has 1 atom stereocenters. The summed E-state index contributed by atoms with van der Waals surface area (Å²) in [7, 11) is 0. The number of carbonyl (C=O) groups is 1. The van der Waals surface area contributed by atoms with Crippen LogP contribution in [0.2, 0.25) is 0 Å². The number of amides is 1. The van der Waals surface area contributed by atoms with Crippen LogP contribution in [0.1, 0.15) is 61.4 Å². The topological polar surface area (TPSA) is 58.4 Å². The highest BCUT2D eigenvalue weighted by molar-refractivity contribution is 7.10. The van der Waals surface area contributed by atoms with Crippen LogP contribution in [0.25, 0.3) is 0 Å². The van der Waals surface area contributed by atoms with Gasteiger partial charge in [0, 0.05) is 35.5 Å². The molecule has 0 fully saturated rings. The molecule has 150 valence electrons. The molecular formula is C23H25N3O2S. The normalized spacial score (nSPS) is 18.5. The van der Waals surface area contributed by atoms with Gasteiger partial charge in [0.2, 0.25) is 0 Å². The number of carbonyl (C=O) groups excluding carboxylic acids is 1. The number of fused-ring (bicyclic) bond motifs is 2. The molecule has 2 aromatic heterocycles. The minimum Gasteiger partial charge on any atom is -0.361 e. The van der Waals surface area contributed by atoms with Crippen LogP contribution in [-0.4, -0.2) is 22.5 Å². The van der Waals surface area contributed by atoms with E-state index in [-0.39, 0.29) is 11.9 Å². The number of benzene rings is 1. The molecule has 0 saturated heterocycles. The van der Waals surface area contributed by atoms with E-state index in [9.17, 15) is 4.79 Å². The first kappa shape index (κ1) is 18.6. The van der Waals surface area contributed by atoms with Crippen LogP contribution in [0.3, 0.4) is 0 Å². The van der Waals surface area contributed by atoms with Gasteiger partial charge in [-0.05, 0) is 49.8 Å². The fourth-order valence-corrected chi connectivity index (χ4v) is 5.72. The zero-order valence-electron chi connectivity index (χ0n) is 16.8. The second-order valence-electron chi connectivity index (χ2n) is 8.08. The molecule has 29 heavy (non-hydrogen) atoms. The first-order valence-electron chi connectivity index (χ1n) is 10.2. The van der Waals surface area contributed by atoms with Crippen LogP contribution in [0.4, 0.5) is 0 Å². The number of aromatic nitrogens is 1. The highest BCUT2D eigenvalue weighted by Crippen LogP contribution is 2.33. The van der Waals surface area contributed by atoms with Crippen molar-refractivity contribution in [3.05, 3.63) is 73.8 Å². The molecule has 1 amide bonds. The fourth-order valence-electron chi connectivity index (χ4n) is 4.60. The molecule has 3 heterocycles. The maximum Gasteiger partial charge on any atom is 0.252 e. The van der Waals surface area contributed by atoms with Crippen molar-refractivity contribution in [3.63, 3.8) is 0 Å². The molecule has 1 aliphatic carbocycles. The third-order valence-electron chi connectivity index (χ3n) is 6.27. The first-order chi connectivity index (χ1) is 14.1. The minimum absolute atomic E-state index is 0.0726. The fraction of sp³-hybridized carbons (Fsp3) is 0.391. The van der Waals surface area contributed by atoms with Crippen molar-refractivity contribution < 1.29 is 9.32 Å². The summed E-state index contributed by atoms with van der Waals surface area (Å²) < 4.78 is 5.30. The third-order valence-corrected chi connectivity index (χ3v) is 7.29. The number of nitrogens with zero attached hydrogens (tertiary/aromatic N) is 2. The van der Waals surface area contributed by atoms with Crippen molar-refractivity contribution in [2.24, 2.45) is 0 Å². The van der Waals surface area contributed by atoms with Gasteiger partial charge in [-0.25, -0.2) is 0 Å². The summed E-state index contributed by atoms with van der Waals surface area (Å²) in [6.45, 7) is 6.64. The summed E-state index contributed by atoms with van der Waals surface area (Å²) in [5, 5.41) is 9.39. The number of hydrogen-bond donors (Lipinski definition) is 1. The van der Waals surface area contributed by atoms with Crippen LogP contribution in [0.15, 0.2) is 34.2 Å². The Balaban J connectivity index is 1.29. The Morgan fingerprint density at radius 2 is 2.17 bits per heavy atom. The molecule has 2 aliphatic rings. The molecule has 1 unspecified atom stereocenters. The van der Waals surface area contributed by atoms with E-state index in [1.165, 1.54) is 27.1 Å². The summed E-state index contributed by atoms with van der Waals surface area (Å²) in [5.74, 6) is 0.972. The van der Waals surface area contributed by atoms with Crippen LogP contribution in [0.5, 0.6) is 0 Å². The van der Waals surface area contributed by atoms with Crippen molar-refractivity contribution in [2.75, 3.05) is 6.54 Å². The molecule has 5 nitrogen and oxygen atoms in total. The average molecular weight is 408 g/mol. The smallest absolute Gasteiger partial charge is 0.252 e. The van der Waals surface area contributed by atoms with Crippen molar-refractivity contribution in [2.45, 2.75) is 52.2 Å². The predicted molar refractivity (Wildman–Crippen MR) is 113 cm³/mol. The van der Waals surface area contributed by atoms with Gasteiger partial charge in [0.25, 0.3) is 5.91 Å². The number of nitrogens with one attached hydrogen (secondary N) is 1. The Kier molecular flexibility index (Phi) is 4.76. The van der Waals surface area contributed by atoms with Crippen molar-refractivity contribution in [3.8, 4) is 0 Å². The average Bonchev–Trinajstić information content (AvgIpc) is 3.41. The van der Waals surface area contributed by atoms with E-state index < -0.39 is 0 Å². The summed E-state index contributed by atoms with van der Waals surface area (Å²) in [4.78, 5) is 16.8. The molecule has 0 radical (unpaired) electrons. The predicted octanol–water partition coefficient (Wildman–Crippen LogP) is 4.33. The maximum absolute atomic E-state index is 13.0. The van der Waals surface area contributed by atoms with Gasteiger partial charge in [0.1, 0.15) is 5.76 Å². The first-order valence-corrected chi connectivity index (χ1v) is 11.1.